The SMILES string of the molecule is O=C([C@H]1C[NH+]2CC[C@H]1C[C@@H]2Cn1cc(CCO)nn1)N1CCCC1. The summed E-state index contributed by atoms with van der Waals surface area (Å²) in [4.78, 5) is 16.5. The monoisotopic (exact) mass is 334 g/mol. The minimum Gasteiger partial charge on any atom is -0.396 e. The Morgan fingerprint density at radius 1 is 1.38 bits per heavy atom. The number of fused-ring (bicyclic) bond motifs is 3. The van der Waals surface area contributed by atoms with Gasteiger partial charge in [-0.15, -0.1) is 5.10 Å². The molecule has 0 aliphatic carbocycles. The first-order valence-electron chi connectivity index (χ1n) is 9.38. The maximum Gasteiger partial charge on any atom is 0.231 e. The van der Waals surface area contributed by atoms with E-state index in [4.69, 9.17) is 5.11 Å². The lowest BCUT2D eigenvalue weighted by Crippen LogP contribution is -3.20. The first-order valence-corrected chi connectivity index (χ1v) is 9.38. The molecular weight excluding hydrogens is 306 g/mol. The maximum absolute atomic E-state index is 12.8. The molecule has 0 radical (unpaired) electrons. The van der Waals surface area contributed by atoms with Gasteiger partial charge in [0.25, 0.3) is 0 Å². The number of hydrogen-bond acceptors (Lipinski definition) is 4. The Morgan fingerprint density at radius 3 is 2.92 bits per heavy atom. The van der Waals surface area contributed by atoms with Crippen LogP contribution in [0.2, 0.25) is 0 Å². The second-order valence-corrected chi connectivity index (χ2v) is 7.64. The van der Waals surface area contributed by atoms with E-state index in [1.807, 2.05) is 10.9 Å². The molecule has 4 saturated heterocycles. The molecule has 5 heterocycles. The van der Waals surface area contributed by atoms with Crippen LogP contribution in [-0.4, -0.2) is 69.7 Å². The maximum atomic E-state index is 12.8. The number of nitrogens with one attached hydrogen (secondary N) is 1. The van der Waals surface area contributed by atoms with Gasteiger partial charge in [0.1, 0.15) is 6.04 Å². The van der Waals surface area contributed by atoms with Crippen LogP contribution in [0.1, 0.15) is 31.4 Å². The highest BCUT2D eigenvalue weighted by Gasteiger charge is 2.47. The molecule has 1 aromatic heterocycles. The number of rotatable bonds is 5. The minimum atomic E-state index is 0.113. The molecular formula is C17H28N5O2+. The number of carbonyl (C=O) groups excluding carboxylic acids is 1. The van der Waals surface area contributed by atoms with Crippen molar-refractivity contribution in [3.8, 4) is 0 Å². The summed E-state index contributed by atoms with van der Waals surface area (Å²) in [5.74, 6) is 1.20. The van der Waals surface area contributed by atoms with Crippen LogP contribution in [0, 0.1) is 11.8 Å². The highest BCUT2D eigenvalue weighted by Crippen LogP contribution is 2.29. The zero-order chi connectivity index (χ0) is 16.5. The van der Waals surface area contributed by atoms with Gasteiger partial charge in [-0.05, 0) is 18.8 Å². The van der Waals surface area contributed by atoms with Crippen molar-refractivity contribution in [3.05, 3.63) is 11.9 Å². The van der Waals surface area contributed by atoms with E-state index < -0.39 is 0 Å². The lowest BCUT2D eigenvalue weighted by atomic mass is 9.75. The molecule has 0 saturated carbocycles. The molecule has 0 aromatic carbocycles. The first kappa shape index (κ1) is 16.0. The van der Waals surface area contributed by atoms with Crippen LogP contribution >= 0.6 is 0 Å². The van der Waals surface area contributed by atoms with Crippen molar-refractivity contribution in [1.82, 2.24) is 19.9 Å². The number of quaternary nitrogens is 1. The second kappa shape index (κ2) is 6.80. The Hall–Kier alpha value is -1.47. The lowest BCUT2D eigenvalue weighted by Gasteiger charge is -2.46. The van der Waals surface area contributed by atoms with Crippen molar-refractivity contribution in [2.24, 2.45) is 11.8 Å². The molecule has 4 aliphatic rings. The molecule has 24 heavy (non-hydrogen) atoms. The van der Waals surface area contributed by atoms with Crippen LogP contribution in [0.4, 0.5) is 0 Å². The van der Waals surface area contributed by atoms with Gasteiger partial charge in [0.05, 0.1) is 31.2 Å². The van der Waals surface area contributed by atoms with E-state index in [1.54, 1.807) is 4.90 Å². The summed E-state index contributed by atoms with van der Waals surface area (Å²) in [7, 11) is 0. The van der Waals surface area contributed by atoms with E-state index in [2.05, 4.69) is 15.2 Å². The Bertz CT molecular complexity index is 583. The standard InChI is InChI=1S/C17H27N5O2/c23-8-4-14-10-22(19-18-14)11-15-9-13-3-7-21(15)12-16(13)17(24)20-5-1-2-6-20/h10,13,15-16,23H,1-9,11-12H2/p+1/t13-,15+,16-/m0/s1. The highest BCUT2D eigenvalue weighted by molar-refractivity contribution is 5.79. The van der Waals surface area contributed by atoms with Crippen molar-refractivity contribution >= 4 is 5.91 Å². The van der Waals surface area contributed by atoms with Crippen LogP contribution in [0.15, 0.2) is 6.20 Å². The van der Waals surface area contributed by atoms with E-state index in [9.17, 15) is 4.79 Å². The first-order chi connectivity index (χ1) is 11.7. The van der Waals surface area contributed by atoms with Gasteiger partial charge in [-0.1, -0.05) is 5.21 Å². The molecule has 0 spiro atoms. The van der Waals surface area contributed by atoms with E-state index >= 15 is 0 Å². The Kier molecular flexibility index (Phi) is 4.54. The molecule has 7 nitrogen and oxygen atoms in total. The molecule has 5 rings (SSSR count). The number of aliphatic hydroxyl groups is 1. The van der Waals surface area contributed by atoms with Gasteiger partial charge in [-0.2, -0.15) is 0 Å². The molecule has 132 valence electrons. The van der Waals surface area contributed by atoms with Crippen molar-refractivity contribution in [3.63, 3.8) is 0 Å². The van der Waals surface area contributed by atoms with Crippen LogP contribution in [0.5, 0.6) is 0 Å². The summed E-state index contributed by atoms with van der Waals surface area (Å²) in [5, 5.41) is 17.3. The fourth-order valence-electron chi connectivity index (χ4n) is 4.86. The fourth-order valence-corrected chi connectivity index (χ4v) is 4.86. The normalized spacial score (nSPS) is 32.5. The molecule has 1 aromatic rings. The van der Waals surface area contributed by atoms with Crippen LogP contribution in [-0.2, 0) is 17.8 Å². The van der Waals surface area contributed by atoms with Gasteiger partial charge < -0.3 is 14.9 Å². The van der Waals surface area contributed by atoms with Crippen LogP contribution < -0.4 is 4.90 Å². The third-order valence-electron chi connectivity index (χ3n) is 6.15. The molecule has 2 N–H and O–H groups in total. The van der Waals surface area contributed by atoms with E-state index in [0.717, 1.165) is 38.3 Å². The highest BCUT2D eigenvalue weighted by atomic mass is 16.3. The number of piperidine rings is 3. The third kappa shape index (κ3) is 3.07. The number of carbonyl (C=O) groups is 1. The number of amides is 1. The molecule has 4 aliphatic heterocycles. The molecule has 1 amide bonds. The lowest BCUT2D eigenvalue weighted by molar-refractivity contribution is -0.945. The Labute approximate surface area is 142 Å². The molecule has 2 bridgehead atoms. The largest absolute Gasteiger partial charge is 0.396 e. The van der Waals surface area contributed by atoms with Gasteiger partial charge in [0, 0.05) is 45.2 Å². The van der Waals surface area contributed by atoms with Crippen molar-refractivity contribution < 1.29 is 14.8 Å². The van der Waals surface area contributed by atoms with Crippen molar-refractivity contribution in [2.45, 2.75) is 44.7 Å². The van der Waals surface area contributed by atoms with Gasteiger partial charge in [0.15, 0.2) is 0 Å². The zero-order valence-electron chi connectivity index (χ0n) is 14.2. The zero-order valence-corrected chi connectivity index (χ0v) is 14.2. The van der Waals surface area contributed by atoms with Crippen molar-refractivity contribution in [1.29, 1.82) is 0 Å². The van der Waals surface area contributed by atoms with E-state index in [-0.39, 0.29) is 12.5 Å². The molecule has 4 fully saturated rings. The van der Waals surface area contributed by atoms with Crippen LogP contribution in [0.3, 0.4) is 0 Å². The summed E-state index contributed by atoms with van der Waals surface area (Å²) in [6, 6.07) is 0.537. The van der Waals surface area contributed by atoms with Gasteiger partial charge in [0.2, 0.25) is 5.91 Å². The summed E-state index contributed by atoms with van der Waals surface area (Å²) >= 11 is 0. The molecule has 1 unspecified atom stereocenters. The molecule has 7 heteroatoms. The quantitative estimate of drug-likeness (QED) is 0.704. The predicted octanol–water partition coefficient (Wildman–Crippen LogP) is -1.27. The number of likely N-dealkylation sites (tertiary alicyclic amines) is 1. The van der Waals surface area contributed by atoms with Gasteiger partial charge in [-0.25, -0.2) is 4.68 Å². The summed E-state index contributed by atoms with van der Waals surface area (Å²) in [5.41, 5.74) is 0.852. The second-order valence-electron chi connectivity index (χ2n) is 7.64. The van der Waals surface area contributed by atoms with Crippen LogP contribution in [0.25, 0.3) is 0 Å². The molecule has 4 atom stereocenters. The number of nitrogens with zero attached hydrogens (tertiary/aromatic N) is 4. The summed E-state index contributed by atoms with van der Waals surface area (Å²) in [6.07, 6.45) is 7.16. The number of aliphatic hydroxyl groups excluding tert-OH is 1. The Balaban J connectivity index is 1.38. The van der Waals surface area contributed by atoms with E-state index in [0.29, 0.717) is 24.3 Å². The number of hydrogen-bond donors (Lipinski definition) is 2. The number of aromatic nitrogens is 3. The summed E-state index contributed by atoms with van der Waals surface area (Å²) < 4.78 is 1.92. The van der Waals surface area contributed by atoms with Crippen molar-refractivity contribution in [2.75, 3.05) is 32.8 Å². The van der Waals surface area contributed by atoms with Gasteiger partial charge >= 0.3 is 0 Å². The minimum absolute atomic E-state index is 0.113. The predicted molar refractivity (Wildman–Crippen MR) is 87.3 cm³/mol. The summed E-state index contributed by atoms with van der Waals surface area (Å²) in [6.45, 7) is 5.08. The smallest absolute Gasteiger partial charge is 0.231 e. The Morgan fingerprint density at radius 2 is 2.21 bits per heavy atom. The topological polar surface area (TPSA) is 75.7 Å². The van der Waals surface area contributed by atoms with E-state index in [1.165, 1.54) is 25.8 Å². The third-order valence-corrected chi connectivity index (χ3v) is 6.15. The average molecular weight is 334 g/mol. The fraction of sp³-hybridized carbons (Fsp3) is 0.824. The van der Waals surface area contributed by atoms with Gasteiger partial charge in [-0.3, -0.25) is 4.79 Å². The average Bonchev–Trinajstić information content (AvgIpc) is 3.27.